The Morgan fingerprint density at radius 3 is 2.53 bits per heavy atom. The number of aryl methyl sites for hydroxylation is 2. The highest BCUT2D eigenvalue weighted by atomic mass is 35.5. The maximum atomic E-state index is 12.2. The van der Waals surface area contributed by atoms with Crippen molar-refractivity contribution in [1.29, 1.82) is 0 Å². The van der Waals surface area contributed by atoms with Crippen LogP contribution in [-0.4, -0.2) is 16.0 Å². The molecule has 0 bridgehead atoms. The van der Waals surface area contributed by atoms with Crippen molar-refractivity contribution in [1.82, 2.24) is 10.3 Å². The first-order valence-corrected chi connectivity index (χ1v) is 11.5. The van der Waals surface area contributed by atoms with Crippen LogP contribution in [0.3, 0.4) is 0 Å². The zero-order valence-corrected chi connectivity index (χ0v) is 20.2. The number of halogens is 2. The van der Waals surface area contributed by atoms with Crippen molar-refractivity contribution in [2.75, 3.05) is 5.32 Å². The van der Waals surface area contributed by atoms with Crippen molar-refractivity contribution < 1.29 is 9.21 Å². The molecule has 0 saturated carbocycles. The third-order valence-corrected chi connectivity index (χ3v) is 6.32. The third-order valence-electron chi connectivity index (χ3n) is 4.57. The Labute approximate surface area is 204 Å². The Morgan fingerprint density at radius 1 is 1.09 bits per heavy atom. The maximum absolute atomic E-state index is 12.2. The summed E-state index contributed by atoms with van der Waals surface area (Å²) in [6.45, 7) is 4.05. The Kier molecular flexibility index (Phi) is 6.62. The highest BCUT2D eigenvalue weighted by molar-refractivity contribution is 7.80. The molecule has 0 atom stereocenters. The van der Waals surface area contributed by atoms with E-state index in [2.05, 4.69) is 21.7 Å². The summed E-state index contributed by atoms with van der Waals surface area (Å²) in [5, 5.41) is 7.41. The average Bonchev–Trinajstić information content (AvgIpc) is 3.36. The number of hydrogen-bond donors (Lipinski definition) is 2. The minimum Gasteiger partial charge on any atom is -0.457 e. The number of anilines is 1. The van der Waals surface area contributed by atoms with Gasteiger partial charge in [0.15, 0.2) is 10.2 Å². The molecule has 9 heteroatoms. The summed E-state index contributed by atoms with van der Waals surface area (Å²) in [6.07, 6.45) is 2.90. The lowest BCUT2D eigenvalue weighted by molar-refractivity contribution is -0.115. The number of nitrogens with zero attached hydrogens (tertiary/aromatic N) is 1. The van der Waals surface area contributed by atoms with Crippen molar-refractivity contribution >= 4 is 79.2 Å². The minimum atomic E-state index is -0.389. The molecule has 5 nitrogen and oxygen atoms in total. The molecule has 0 fully saturated rings. The zero-order chi connectivity index (χ0) is 22.8. The summed E-state index contributed by atoms with van der Waals surface area (Å²) in [6, 6.07) is 12.8. The van der Waals surface area contributed by atoms with E-state index in [0.717, 1.165) is 26.9 Å². The highest BCUT2D eigenvalue weighted by Gasteiger charge is 2.11. The number of carbonyl (C=O) groups excluding carboxylic acids is 1. The van der Waals surface area contributed by atoms with Crippen LogP contribution in [-0.2, 0) is 4.79 Å². The van der Waals surface area contributed by atoms with Gasteiger partial charge >= 0.3 is 0 Å². The van der Waals surface area contributed by atoms with Gasteiger partial charge in [-0.3, -0.25) is 10.1 Å². The fourth-order valence-corrected chi connectivity index (χ4v) is 4.85. The second-order valence-corrected chi connectivity index (χ2v) is 9.31. The normalized spacial score (nSPS) is 11.2. The van der Waals surface area contributed by atoms with Crippen LogP contribution in [0.5, 0.6) is 0 Å². The third kappa shape index (κ3) is 5.19. The number of thiazole rings is 1. The van der Waals surface area contributed by atoms with Crippen molar-refractivity contribution in [2.45, 2.75) is 13.8 Å². The zero-order valence-electron chi connectivity index (χ0n) is 17.0. The lowest BCUT2D eigenvalue weighted by Crippen LogP contribution is -2.32. The lowest BCUT2D eigenvalue weighted by atomic mass is 10.1. The molecule has 0 aliphatic carbocycles. The second-order valence-electron chi connectivity index (χ2n) is 7.03. The van der Waals surface area contributed by atoms with Crippen LogP contribution in [0.15, 0.2) is 53.0 Å². The summed E-state index contributed by atoms with van der Waals surface area (Å²) < 4.78 is 6.84. The predicted octanol–water partition coefficient (Wildman–Crippen LogP) is 7.01. The fourth-order valence-electron chi connectivity index (χ4n) is 3.05. The van der Waals surface area contributed by atoms with Gasteiger partial charge in [0.2, 0.25) is 5.91 Å². The predicted molar refractivity (Wildman–Crippen MR) is 137 cm³/mol. The van der Waals surface area contributed by atoms with Crippen molar-refractivity contribution in [3.05, 3.63) is 75.5 Å². The second kappa shape index (κ2) is 9.42. The first kappa shape index (κ1) is 22.5. The van der Waals surface area contributed by atoms with Crippen LogP contribution in [0.2, 0.25) is 10.0 Å². The molecule has 2 aromatic heterocycles. The SMILES string of the molecule is Cc1ccc(C)c2sc(NC(=S)NC(=O)/C=C/c3ccc(-c4cc(Cl)cc(Cl)c4)o3)nc12. The van der Waals surface area contributed by atoms with E-state index in [1.807, 2.05) is 19.9 Å². The molecule has 32 heavy (non-hydrogen) atoms. The average molecular weight is 502 g/mol. The molecule has 2 N–H and O–H groups in total. The Hall–Kier alpha value is -2.71. The minimum absolute atomic E-state index is 0.169. The molecule has 1 amide bonds. The summed E-state index contributed by atoms with van der Waals surface area (Å²) in [5.74, 6) is 0.704. The number of carbonyl (C=O) groups is 1. The molecular weight excluding hydrogens is 485 g/mol. The maximum Gasteiger partial charge on any atom is 0.250 e. The van der Waals surface area contributed by atoms with Crippen LogP contribution in [0.25, 0.3) is 27.6 Å². The van der Waals surface area contributed by atoms with Gasteiger partial charge in [-0.25, -0.2) is 4.98 Å². The number of benzene rings is 2. The van der Waals surface area contributed by atoms with E-state index >= 15 is 0 Å². The monoisotopic (exact) mass is 501 g/mol. The topological polar surface area (TPSA) is 67.2 Å². The summed E-state index contributed by atoms with van der Waals surface area (Å²) >= 11 is 18.8. The van der Waals surface area contributed by atoms with Gasteiger partial charge in [-0.05, 0) is 73.6 Å². The number of rotatable bonds is 4. The van der Waals surface area contributed by atoms with Gasteiger partial charge in [0, 0.05) is 21.7 Å². The molecule has 4 aromatic rings. The van der Waals surface area contributed by atoms with Crippen molar-refractivity contribution in [2.24, 2.45) is 0 Å². The molecule has 0 saturated heterocycles. The molecule has 4 rings (SSSR count). The van der Waals surface area contributed by atoms with Gasteiger partial charge in [-0.1, -0.05) is 46.7 Å². The molecule has 2 heterocycles. The van der Waals surface area contributed by atoms with Crippen LogP contribution in [0.1, 0.15) is 16.9 Å². The van der Waals surface area contributed by atoms with Crippen LogP contribution in [0, 0.1) is 13.8 Å². The summed E-state index contributed by atoms with van der Waals surface area (Å²) in [4.78, 5) is 16.8. The molecule has 2 aromatic carbocycles. The molecule has 0 spiro atoms. The number of furan rings is 1. The molecule has 162 valence electrons. The Balaban J connectivity index is 1.38. The van der Waals surface area contributed by atoms with E-state index in [-0.39, 0.29) is 11.0 Å². The number of nitrogens with one attached hydrogen (secondary N) is 2. The lowest BCUT2D eigenvalue weighted by Gasteiger charge is -2.04. The molecule has 0 aliphatic heterocycles. The van der Waals surface area contributed by atoms with Gasteiger partial charge in [0.05, 0.1) is 10.2 Å². The Morgan fingerprint density at radius 2 is 1.81 bits per heavy atom. The highest BCUT2D eigenvalue weighted by Crippen LogP contribution is 2.31. The van der Waals surface area contributed by atoms with Crippen LogP contribution < -0.4 is 10.6 Å². The van der Waals surface area contributed by atoms with Gasteiger partial charge < -0.3 is 9.73 Å². The number of aromatic nitrogens is 1. The van der Waals surface area contributed by atoms with E-state index in [1.165, 1.54) is 17.4 Å². The first-order valence-electron chi connectivity index (χ1n) is 9.51. The molecular formula is C23H17Cl2N3O2S2. The smallest absolute Gasteiger partial charge is 0.250 e. The summed E-state index contributed by atoms with van der Waals surface area (Å²) in [7, 11) is 0. The van der Waals surface area contributed by atoms with Crippen LogP contribution in [0.4, 0.5) is 5.13 Å². The van der Waals surface area contributed by atoms with E-state index in [1.54, 1.807) is 36.4 Å². The number of amides is 1. The van der Waals surface area contributed by atoms with E-state index in [4.69, 9.17) is 39.8 Å². The van der Waals surface area contributed by atoms with Crippen LogP contribution >= 0.6 is 46.8 Å². The molecule has 0 radical (unpaired) electrons. The number of hydrogen-bond acceptors (Lipinski definition) is 5. The Bertz CT molecular complexity index is 1320. The number of fused-ring (bicyclic) bond motifs is 1. The summed E-state index contributed by atoms with van der Waals surface area (Å²) in [5.41, 5.74) is 3.91. The van der Waals surface area contributed by atoms with Gasteiger partial charge in [-0.2, -0.15) is 0 Å². The number of thiocarbonyl (C=S) groups is 1. The quantitative estimate of drug-likeness (QED) is 0.232. The molecule has 0 unspecified atom stereocenters. The van der Waals surface area contributed by atoms with Gasteiger partial charge in [0.25, 0.3) is 0 Å². The van der Waals surface area contributed by atoms with E-state index in [9.17, 15) is 4.79 Å². The molecule has 0 aliphatic rings. The van der Waals surface area contributed by atoms with Crippen molar-refractivity contribution in [3.63, 3.8) is 0 Å². The first-order chi connectivity index (χ1) is 15.3. The van der Waals surface area contributed by atoms with E-state index < -0.39 is 0 Å². The van der Waals surface area contributed by atoms with Crippen molar-refractivity contribution in [3.8, 4) is 11.3 Å². The largest absolute Gasteiger partial charge is 0.457 e. The fraction of sp³-hybridized carbons (Fsp3) is 0.0870. The van der Waals surface area contributed by atoms with E-state index in [0.29, 0.717) is 26.7 Å². The standard InChI is InChI=1S/C23H17Cl2N3O2S2/c1-12-3-4-13(2)21-20(12)27-23(32-21)28-22(31)26-19(29)8-6-17-5-7-18(30-17)14-9-15(24)11-16(25)10-14/h3-11H,1-2H3,(H2,26,27,28,29,31)/b8-6+. The van der Waals surface area contributed by atoms with Gasteiger partial charge in [0.1, 0.15) is 11.5 Å². The van der Waals surface area contributed by atoms with Gasteiger partial charge in [-0.15, -0.1) is 0 Å².